The number of amides is 1. The third kappa shape index (κ3) is 5.48. The number of methoxy groups -OCH3 is 1. The fourth-order valence-electron chi connectivity index (χ4n) is 2.16. The predicted molar refractivity (Wildman–Crippen MR) is 65.8 cm³/mol. The molecule has 17 heavy (non-hydrogen) atoms. The number of hydrogen-bond donors (Lipinski definition) is 2. The fourth-order valence-corrected chi connectivity index (χ4v) is 2.16. The van der Waals surface area contributed by atoms with Crippen molar-refractivity contribution in [1.82, 2.24) is 10.2 Å². The van der Waals surface area contributed by atoms with Crippen molar-refractivity contribution < 1.29 is 14.6 Å². The van der Waals surface area contributed by atoms with Gasteiger partial charge in [0.15, 0.2) is 0 Å². The number of nitrogens with zero attached hydrogens (tertiary/aromatic N) is 1. The third-order valence-electron chi connectivity index (χ3n) is 3.17. The van der Waals surface area contributed by atoms with Gasteiger partial charge in [0, 0.05) is 26.7 Å². The fraction of sp³-hybridized carbons (Fsp3) is 0.917. The molecule has 0 radical (unpaired) electrons. The number of carbonyl (C=O) groups is 1. The average Bonchev–Trinajstić information content (AvgIpc) is 2.78. The quantitative estimate of drug-likeness (QED) is 0.661. The molecule has 1 atom stereocenters. The van der Waals surface area contributed by atoms with Gasteiger partial charge in [0.2, 0.25) is 5.91 Å². The number of rotatable bonds is 7. The summed E-state index contributed by atoms with van der Waals surface area (Å²) in [5.74, 6) is 0.0204. The maximum atomic E-state index is 11.8. The van der Waals surface area contributed by atoms with E-state index in [1.165, 1.54) is 32.8 Å². The van der Waals surface area contributed by atoms with E-state index in [0.717, 1.165) is 0 Å². The predicted octanol–water partition coefficient (Wildman–Crippen LogP) is -0.0157. The summed E-state index contributed by atoms with van der Waals surface area (Å²) in [6.07, 6.45) is 4.25. The summed E-state index contributed by atoms with van der Waals surface area (Å²) < 4.78 is 4.82. The largest absolute Gasteiger partial charge is 0.389 e. The molecule has 1 fully saturated rings. The lowest BCUT2D eigenvalue weighted by Gasteiger charge is -2.21. The molecule has 1 aliphatic carbocycles. The zero-order chi connectivity index (χ0) is 12.7. The first-order valence-corrected chi connectivity index (χ1v) is 6.28. The van der Waals surface area contributed by atoms with Crippen LogP contribution in [0.5, 0.6) is 0 Å². The molecule has 0 heterocycles. The van der Waals surface area contributed by atoms with E-state index in [-0.39, 0.29) is 12.5 Å². The standard InChI is InChI=1S/C12H24N2O3/c1-14(8-11(15)9-17-2)12(16)7-13-10-5-3-4-6-10/h10-11,13,15H,3-9H2,1-2H3. The molecule has 2 N–H and O–H groups in total. The Labute approximate surface area is 103 Å². The number of ether oxygens (including phenoxy) is 1. The minimum Gasteiger partial charge on any atom is -0.389 e. The second-order valence-electron chi connectivity index (χ2n) is 4.75. The zero-order valence-corrected chi connectivity index (χ0v) is 10.8. The summed E-state index contributed by atoms with van der Waals surface area (Å²) in [6.45, 7) is 0.938. The van der Waals surface area contributed by atoms with E-state index in [0.29, 0.717) is 19.1 Å². The van der Waals surface area contributed by atoms with Gasteiger partial charge < -0.3 is 20.1 Å². The molecule has 0 saturated heterocycles. The second-order valence-corrected chi connectivity index (χ2v) is 4.75. The van der Waals surface area contributed by atoms with Gasteiger partial charge >= 0.3 is 0 Å². The lowest BCUT2D eigenvalue weighted by molar-refractivity contribution is -0.130. The molecule has 0 bridgehead atoms. The molecular weight excluding hydrogens is 220 g/mol. The summed E-state index contributed by atoms with van der Waals surface area (Å²) in [6, 6.07) is 0.497. The Morgan fingerprint density at radius 2 is 2.18 bits per heavy atom. The lowest BCUT2D eigenvalue weighted by Crippen LogP contribution is -2.42. The highest BCUT2D eigenvalue weighted by Gasteiger charge is 2.17. The van der Waals surface area contributed by atoms with Crippen LogP contribution in [-0.4, -0.2) is 61.9 Å². The van der Waals surface area contributed by atoms with E-state index in [2.05, 4.69) is 5.32 Å². The molecule has 1 rings (SSSR count). The summed E-state index contributed by atoms with van der Waals surface area (Å²) in [4.78, 5) is 13.3. The van der Waals surface area contributed by atoms with Crippen molar-refractivity contribution in [2.24, 2.45) is 0 Å². The van der Waals surface area contributed by atoms with E-state index in [1.54, 1.807) is 11.9 Å². The Morgan fingerprint density at radius 1 is 1.53 bits per heavy atom. The normalized spacial score (nSPS) is 18.3. The van der Waals surface area contributed by atoms with Gasteiger partial charge in [0.25, 0.3) is 0 Å². The van der Waals surface area contributed by atoms with Gasteiger partial charge in [-0.1, -0.05) is 12.8 Å². The summed E-state index contributed by atoms with van der Waals surface area (Å²) >= 11 is 0. The van der Waals surface area contributed by atoms with Crippen LogP contribution in [0, 0.1) is 0 Å². The van der Waals surface area contributed by atoms with Crippen LogP contribution in [0.25, 0.3) is 0 Å². The smallest absolute Gasteiger partial charge is 0.236 e. The number of likely N-dealkylation sites (N-methyl/N-ethyl adjacent to an activating group) is 1. The number of nitrogens with one attached hydrogen (secondary N) is 1. The Morgan fingerprint density at radius 3 is 2.76 bits per heavy atom. The van der Waals surface area contributed by atoms with Crippen molar-refractivity contribution in [1.29, 1.82) is 0 Å². The lowest BCUT2D eigenvalue weighted by atomic mass is 10.2. The minimum absolute atomic E-state index is 0.0204. The first-order chi connectivity index (χ1) is 8.13. The molecule has 0 aliphatic heterocycles. The van der Waals surface area contributed by atoms with E-state index >= 15 is 0 Å². The summed E-state index contributed by atoms with van der Waals surface area (Å²) in [5.41, 5.74) is 0. The van der Waals surface area contributed by atoms with Gasteiger partial charge in [-0.2, -0.15) is 0 Å². The van der Waals surface area contributed by atoms with Gasteiger partial charge in [0.1, 0.15) is 0 Å². The van der Waals surface area contributed by atoms with Crippen molar-refractivity contribution in [2.75, 3.05) is 33.9 Å². The highest BCUT2D eigenvalue weighted by molar-refractivity contribution is 5.78. The van der Waals surface area contributed by atoms with Crippen LogP contribution in [0.1, 0.15) is 25.7 Å². The van der Waals surface area contributed by atoms with E-state index in [1.807, 2.05) is 0 Å². The maximum absolute atomic E-state index is 11.8. The van der Waals surface area contributed by atoms with E-state index in [9.17, 15) is 9.90 Å². The molecule has 0 aromatic heterocycles. The minimum atomic E-state index is -0.611. The number of hydrogen-bond acceptors (Lipinski definition) is 4. The van der Waals surface area contributed by atoms with E-state index in [4.69, 9.17) is 4.74 Å². The second kappa shape index (κ2) is 7.63. The average molecular weight is 244 g/mol. The van der Waals surface area contributed by atoms with Crippen molar-refractivity contribution in [3.63, 3.8) is 0 Å². The first kappa shape index (κ1) is 14.4. The molecule has 1 amide bonds. The molecule has 100 valence electrons. The van der Waals surface area contributed by atoms with Crippen LogP contribution in [-0.2, 0) is 9.53 Å². The number of aliphatic hydroxyl groups excluding tert-OH is 1. The van der Waals surface area contributed by atoms with Crippen LogP contribution < -0.4 is 5.32 Å². The molecule has 1 unspecified atom stereocenters. The maximum Gasteiger partial charge on any atom is 0.236 e. The summed E-state index contributed by atoms with van der Waals surface area (Å²) in [5, 5.41) is 12.8. The highest BCUT2D eigenvalue weighted by atomic mass is 16.5. The van der Waals surface area contributed by atoms with Crippen LogP contribution in [0.4, 0.5) is 0 Å². The molecule has 0 aromatic rings. The Kier molecular flexibility index (Phi) is 6.47. The van der Waals surface area contributed by atoms with Gasteiger partial charge in [-0.25, -0.2) is 0 Å². The van der Waals surface area contributed by atoms with Gasteiger partial charge in [0.05, 0.1) is 19.3 Å². The van der Waals surface area contributed by atoms with E-state index < -0.39 is 6.10 Å². The van der Waals surface area contributed by atoms with Crippen molar-refractivity contribution in [2.45, 2.75) is 37.8 Å². The Bertz CT molecular complexity index is 230. The molecule has 5 heteroatoms. The number of carbonyl (C=O) groups excluding carboxylic acids is 1. The number of aliphatic hydroxyl groups is 1. The summed E-state index contributed by atoms with van der Waals surface area (Å²) in [7, 11) is 3.24. The molecule has 0 aromatic carbocycles. The Balaban J connectivity index is 2.16. The van der Waals surface area contributed by atoms with Crippen molar-refractivity contribution in [3.05, 3.63) is 0 Å². The topological polar surface area (TPSA) is 61.8 Å². The van der Waals surface area contributed by atoms with Crippen molar-refractivity contribution in [3.8, 4) is 0 Å². The van der Waals surface area contributed by atoms with Gasteiger partial charge in [-0.05, 0) is 12.8 Å². The molecule has 5 nitrogen and oxygen atoms in total. The van der Waals surface area contributed by atoms with Crippen LogP contribution in [0.2, 0.25) is 0 Å². The SMILES string of the molecule is COCC(O)CN(C)C(=O)CNC1CCCC1. The molecule has 1 saturated carbocycles. The third-order valence-corrected chi connectivity index (χ3v) is 3.17. The van der Waals surface area contributed by atoms with Crippen LogP contribution in [0.15, 0.2) is 0 Å². The molecule has 0 spiro atoms. The Hall–Kier alpha value is -0.650. The monoisotopic (exact) mass is 244 g/mol. The van der Waals surface area contributed by atoms with Gasteiger partial charge in [-0.15, -0.1) is 0 Å². The van der Waals surface area contributed by atoms with Gasteiger partial charge in [-0.3, -0.25) is 4.79 Å². The van der Waals surface area contributed by atoms with Crippen LogP contribution in [0.3, 0.4) is 0 Å². The van der Waals surface area contributed by atoms with Crippen molar-refractivity contribution >= 4 is 5.91 Å². The zero-order valence-electron chi connectivity index (χ0n) is 10.8. The molecular formula is C12H24N2O3. The first-order valence-electron chi connectivity index (χ1n) is 6.28. The highest BCUT2D eigenvalue weighted by Crippen LogP contribution is 2.17. The molecule has 1 aliphatic rings. The van der Waals surface area contributed by atoms with Crippen LogP contribution >= 0.6 is 0 Å².